The summed E-state index contributed by atoms with van der Waals surface area (Å²) >= 11 is 0. The van der Waals surface area contributed by atoms with E-state index < -0.39 is 11.6 Å². The van der Waals surface area contributed by atoms with Gasteiger partial charge in [0.1, 0.15) is 30.5 Å². The molecule has 122 valence electrons. The van der Waals surface area contributed by atoms with Gasteiger partial charge < -0.3 is 23.7 Å². The van der Waals surface area contributed by atoms with Crippen LogP contribution in [0.3, 0.4) is 0 Å². The molecule has 0 saturated carbocycles. The largest absolute Gasteiger partial charge is 0.362 e. The van der Waals surface area contributed by atoms with E-state index in [0.29, 0.717) is 6.61 Å². The SMILES string of the molecule is CC1(C)OCC([C@H]2O[C@H](C3=CC=CC3)[C@H]3OC(C)(C)O[C@H]32)O1. The van der Waals surface area contributed by atoms with Crippen LogP contribution in [0.25, 0.3) is 0 Å². The molecule has 1 aliphatic carbocycles. The van der Waals surface area contributed by atoms with E-state index in [1.165, 1.54) is 5.57 Å². The van der Waals surface area contributed by atoms with Crippen molar-refractivity contribution in [3.05, 3.63) is 23.8 Å². The van der Waals surface area contributed by atoms with Gasteiger partial charge >= 0.3 is 0 Å². The summed E-state index contributed by atoms with van der Waals surface area (Å²) in [6, 6.07) is 0. The Morgan fingerprint density at radius 2 is 1.73 bits per heavy atom. The highest BCUT2D eigenvalue weighted by Crippen LogP contribution is 2.44. The van der Waals surface area contributed by atoms with Crippen molar-refractivity contribution in [2.75, 3.05) is 6.61 Å². The highest BCUT2D eigenvalue weighted by atomic mass is 16.8. The van der Waals surface area contributed by atoms with Gasteiger partial charge in [-0.05, 0) is 39.7 Å². The summed E-state index contributed by atoms with van der Waals surface area (Å²) in [5.74, 6) is -1.15. The zero-order valence-corrected chi connectivity index (χ0v) is 13.6. The van der Waals surface area contributed by atoms with Gasteiger partial charge in [0.15, 0.2) is 11.6 Å². The highest BCUT2D eigenvalue weighted by molar-refractivity contribution is 5.29. The van der Waals surface area contributed by atoms with Gasteiger partial charge in [-0.1, -0.05) is 18.2 Å². The fourth-order valence-corrected chi connectivity index (χ4v) is 3.78. The second-order valence-electron chi connectivity index (χ2n) is 7.33. The van der Waals surface area contributed by atoms with Crippen molar-refractivity contribution in [1.29, 1.82) is 0 Å². The van der Waals surface area contributed by atoms with Gasteiger partial charge in [0.05, 0.1) is 6.61 Å². The second kappa shape index (κ2) is 4.89. The average Bonchev–Trinajstić information content (AvgIpc) is 3.12. The molecule has 3 fully saturated rings. The van der Waals surface area contributed by atoms with Crippen molar-refractivity contribution in [2.45, 2.75) is 76.2 Å². The molecular weight excluding hydrogens is 284 g/mol. The van der Waals surface area contributed by atoms with Crippen molar-refractivity contribution in [3.63, 3.8) is 0 Å². The first-order chi connectivity index (χ1) is 10.3. The molecule has 22 heavy (non-hydrogen) atoms. The van der Waals surface area contributed by atoms with Crippen LogP contribution in [0.1, 0.15) is 34.1 Å². The Morgan fingerprint density at radius 1 is 0.955 bits per heavy atom. The Balaban J connectivity index is 1.58. The number of allylic oxidation sites excluding steroid dienone is 3. The molecule has 3 heterocycles. The van der Waals surface area contributed by atoms with Gasteiger partial charge in [-0.2, -0.15) is 0 Å². The van der Waals surface area contributed by atoms with Crippen LogP contribution in [0.15, 0.2) is 23.8 Å². The molecule has 0 amide bonds. The topological polar surface area (TPSA) is 46.2 Å². The van der Waals surface area contributed by atoms with Gasteiger partial charge in [0.25, 0.3) is 0 Å². The number of fused-ring (bicyclic) bond motifs is 1. The first-order valence-electron chi connectivity index (χ1n) is 8.03. The van der Waals surface area contributed by atoms with E-state index in [2.05, 4.69) is 18.2 Å². The smallest absolute Gasteiger partial charge is 0.164 e. The molecule has 4 aliphatic rings. The molecule has 5 heteroatoms. The molecule has 1 unspecified atom stereocenters. The first kappa shape index (κ1) is 14.8. The van der Waals surface area contributed by atoms with Crippen LogP contribution in [0.5, 0.6) is 0 Å². The minimum absolute atomic E-state index is 0.0703. The zero-order valence-electron chi connectivity index (χ0n) is 13.6. The predicted molar refractivity (Wildman–Crippen MR) is 79.2 cm³/mol. The molecule has 4 rings (SSSR count). The van der Waals surface area contributed by atoms with E-state index >= 15 is 0 Å². The van der Waals surface area contributed by atoms with Crippen molar-refractivity contribution >= 4 is 0 Å². The summed E-state index contributed by atoms with van der Waals surface area (Å²) in [4.78, 5) is 0. The first-order valence-corrected chi connectivity index (χ1v) is 8.03. The summed E-state index contributed by atoms with van der Waals surface area (Å²) in [5.41, 5.74) is 1.25. The monoisotopic (exact) mass is 308 g/mol. The quantitative estimate of drug-likeness (QED) is 0.783. The van der Waals surface area contributed by atoms with Gasteiger partial charge in [-0.25, -0.2) is 0 Å². The normalized spacial score (nSPS) is 45.3. The van der Waals surface area contributed by atoms with E-state index in [1.54, 1.807) is 0 Å². The van der Waals surface area contributed by atoms with Gasteiger partial charge in [-0.3, -0.25) is 0 Å². The fraction of sp³-hybridized carbons (Fsp3) is 0.765. The van der Waals surface area contributed by atoms with E-state index in [1.807, 2.05) is 27.7 Å². The van der Waals surface area contributed by atoms with Crippen LogP contribution < -0.4 is 0 Å². The lowest BCUT2D eigenvalue weighted by molar-refractivity contribution is -0.202. The lowest BCUT2D eigenvalue weighted by Gasteiger charge is -2.27. The average molecular weight is 308 g/mol. The summed E-state index contributed by atoms with van der Waals surface area (Å²) < 4.78 is 30.3. The molecule has 0 N–H and O–H groups in total. The molecule has 0 radical (unpaired) electrons. The van der Waals surface area contributed by atoms with E-state index in [0.717, 1.165) is 6.42 Å². The molecule has 0 spiro atoms. The van der Waals surface area contributed by atoms with Crippen LogP contribution >= 0.6 is 0 Å². The lowest BCUT2D eigenvalue weighted by Crippen LogP contribution is -2.40. The minimum Gasteiger partial charge on any atom is -0.362 e. The van der Waals surface area contributed by atoms with Crippen LogP contribution in [-0.4, -0.2) is 48.7 Å². The Kier molecular flexibility index (Phi) is 3.30. The van der Waals surface area contributed by atoms with Crippen LogP contribution in [0, 0.1) is 0 Å². The molecule has 5 atom stereocenters. The van der Waals surface area contributed by atoms with Crippen LogP contribution in [0.4, 0.5) is 0 Å². The molecule has 0 aromatic carbocycles. The minimum atomic E-state index is -0.586. The van der Waals surface area contributed by atoms with Crippen LogP contribution in [0.2, 0.25) is 0 Å². The van der Waals surface area contributed by atoms with E-state index in [4.69, 9.17) is 23.7 Å². The Hall–Kier alpha value is -0.720. The van der Waals surface area contributed by atoms with Gasteiger partial charge in [0, 0.05) is 0 Å². The van der Waals surface area contributed by atoms with Crippen molar-refractivity contribution in [3.8, 4) is 0 Å². The van der Waals surface area contributed by atoms with Gasteiger partial charge in [-0.15, -0.1) is 0 Å². The Labute approximate surface area is 131 Å². The zero-order chi connectivity index (χ0) is 15.5. The highest BCUT2D eigenvalue weighted by Gasteiger charge is 2.59. The number of ether oxygens (including phenoxy) is 5. The number of hydrogen-bond acceptors (Lipinski definition) is 5. The molecule has 3 aliphatic heterocycles. The predicted octanol–water partition coefficient (Wildman–Crippen LogP) is 2.31. The number of rotatable bonds is 2. The maximum Gasteiger partial charge on any atom is 0.164 e. The Morgan fingerprint density at radius 3 is 2.36 bits per heavy atom. The number of hydrogen-bond donors (Lipinski definition) is 0. The second-order valence-corrected chi connectivity index (χ2v) is 7.33. The summed E-state index contributed by atoms with van der Waals surface area (Å²) in [5, 5.41) is 0. The summed E-state index contributed by atoms with van der Waals surface area (Å²) in [7, 11) is 0. The van der Waals surface area contributed by atoms with E-state index in [-0.39, 0.29) is 30.5 Å². The summed E-state index contributed by atoms with van der Waals surface area (Å²) in [6.45, 7) is 8.29. The van der Waals surface area contributed by atoms with E-state index in [9.17, 15) is 0 Å². The van der Waals surface area contributed by atoms with Gasteiger partial charge in [0.2, 0.25) is 0 Å². The third-order valence-corrected chi connectivity index (χ3v) is 4.65. The lowest BCUT2D eigenvalue weighted by atomic mass is 9.99. The molecule has 0 aromatic rings. The van der Waals surface area contributed by atoms with Crippen molar-refractivity contribution in [1.82, 2.24) is 0 Å². The molecular formula is C17H24O5. The third kappa shape index (κ3) is 2.45. The maximum atomic E-state index is 6.32. The third-order valence-electron chi connectivity index (χ3n) is 4.65. The molecule has 0 aromatic heterocycles. The molecule has 0 bridgehead atoms. The van der Waals surface area contributed by atoms with Crippen molar-refractivity contribution < 1.29 is 23.7 Å². The summed E-state index contributed by atoms with van der Waals surface area (Å²) in [6.07, 6.45) is 6.68. The molecule has 3 saturated heterocycles. The van der Waals surface area contributed by atoms with Crippen LogP contribution in [-0.2, 0) is 23.7 Å². The van der Waals surface area contributed by atoms with Crippen molar-refractivity contribution in [2.24, 2.45) is 0 Å². The maximum absolute atomic E-state index is 6.32. The fourth-order valence-electron chi connectivity index (χ4n) is 3.78. The standard InChI is InChI=1S/C17H24O5/c1-16(2)18-9-11(20-16)13-15-14(21-17(3,4)22-15)12(19-13)10-7-5-6-8-10/h5-7,11-15H,8-9H2,1-4H3/t11?,12-,13-,14-,15+/m1/s1. The Bertz CT molecular complexity index is 521. The molecule has 5 nitrogen and oxygen atoms in total.